The second-order valence-electron chi connectivity index (χ2n) is 5.01. The van der Waals surface area contributed by atoms with Crippen molar-refractivity contribution >= 4 is 5.97 Å². The van der Waals surface area contributed by atoms with Crippen LogP contribution in [-0.2, 0) is 9.53 Å². The van der Waals surface area contributed by atoms with Crippen LogP contribution >= 0.6 is 0 Å². The van der Waals surface area contributed by atoms with E-state index in [1.54, 1.807) is 0 Å². The third-order valence-electron chi connectivity index (χ3n) is 2.93. The molecule has 0 fully saturated rings. The molecule has 90 valence electrons. The summed E-state index contributed by atoms with van der Waals surface area (Å²) in [6, 6.07) is 0. The fraction of sp³-hybridized carbons (Fsp3) is 0.583. The van der Waals surface area contributed by atoms with Crippen LogP contribution in [0.2, 0.25) is 0 Å². The molecule has 1 aliphatic rings. The summed E-state index contributed by atoms with van der Waals surface area (Å²) in [7, 11) is 0. The van der Waals surface area contributed by atoms with Crippen LogP contribution in [0, 0.1) is 0 Å². The van der Waals surface area contributed by atoms with E-state index in [2.05, 4.69) is 6.58 Å². The van der Waals surface area contributed by atoms with E-state index in [0.29, 0.717) is 0 Å². The predicted molar refractivity (Wildman–Crippen MR) is 61.0 cm³/mol. The summed E-state index contributed by atoms with van der Waals surface area (Å²) in [5.74, 6) is -0.453. The first-order chi connectivity index (χ1) is 7.21. The Morgan fingerprint density at radius 3 is 2.50 bits per heavy atom. The lowest BCUT2D eigenvalue weighted by Gasteiger charge is -2.36. The molecule has 0 aliphatic carbocycles. The highest BCUT2D eigenvalue weighted by Gasteiger charge is 2.45. The topological polar surface area (TPSA) is 49.8 Å². The van der Waals surface area contributed by atoms with Crippen LogP contribution in [0.1, 0.15) is 27.7 Å². The molecule has 0 atom stereocenters. The first-order valence-electron chi connectivity index (χ1n) is 5.22. The maximum absolute atomic E-state index is 11.0. The molecule has 0 aromatic heterocycles. The lowest BCUT2D eigenvalue weighted by molar-refractivity contribution is -0.186. The zero-order valence-corrected chi connectivity index (χ0v) is 10.3. The van der Waals surface area contributed by atoms with E-state index in [0.717, 1.165) is 11.6 Å². The molecule has 0 saturated heterocycles. The number of carbonyl (C=O) groups excluding carboxylic acids is 1. The van der Waals surface area contributed by atoms with E-state index in [4.69, 9.17) is 4.74 Å². The molecule has 0 radical (unpaired) electrons. The van der Waals surface area contributed by atoms with Gasteiger partial charge in [0.2, 0.25) is 0 Å². The van der Waals surface area contributed by atoms with E-state index >= 15 is 0 Å². The standard InChI is InChI=1S/C12H19NO3/c1-6-10(14)16-8-9-7-11(2,3)13(15)12(9,4)5/h6-7,15H,1,8H2,2-5H3. The number of hydroxylamine groups is 2. The summed E-state index contributed by atoms with van der Waals surface area (Å²) in [6.45, 7) is 11.1. The van der Waals surface area contributed by atoms with Gasteiger partial charge in [-0.25, -0.2) is 4.79 Å². The van der Waals surface area contributed by atoms with Crippen molar-refractivity contribution < 1.29 is 14.7 Å². The van der Waals surface area contributed by atoms with Crippen molar-refractivity contribution in [3.8, 4) is 0 Å². The van der Waals surface area contributed by atoms with E-state index in [1.165, 1.54) is 5.06 Å². The molecule has 1 aliphatic heterocycles. The Bertz CT molecular complexity index is 342. The summed E-state index contributed by atoms with van der Waals surface area (Å²) in [5, 5.41) is 11.3. The van der Waals surface area contributed by atoms with Gasteiger partial charge in [-0.2, -0.15) is 5.06 Å². The number of nitrogens with zero attached hydrogens (tertiary/aromatic N) is 1. The molecular weight excluding hydrogens is 206 g/mol. The molecule has 4 nitrogen and oxygen atoms in total. The number of hydrogen-bond donors (Lipinski definition) is 1. The highest BCUT2D eigenvalue weighted by atomic mass is 16.5. The van der Waals surface area contributed by atoms with Crippen molar-refractivity contribution in [1.29, 1.82) is 0 Å². The lowest BCUT2D eigenvalue weighted by atomic mass is 9.97. The van der Waals surface area contributed by atoms with Gasteiger partial charge in [0, 0.05) is 6.08 Å². The number of esters is 1. The minimum Gasteiger partial charge on any atom is -0.458 e. The molecule has 1 rings (SSSR count). The number of hydrogen-bond acceptors (Lipinski definition) is 4. The van der Waals surface area contributed by atoms with Gasteiger partial charge >= 0.3 is 5.97 Å². The van der Waals surface area contributed by atoms with Crippen molar-refractivity contribution in [1.82, 2.24) is 5.06 Å². The monoisotopic (exact) mass is 225 g/mol. The Morgan fingerprint density at radius 2 is 2.12 bits per heavy atom. The van der Waals surface area contributed by atoms with Gasteiger partial charge in [0.15, 0.2) is 0 Å². The van der Waals surface area contributed by atoms with Gasteiger partial charge in [-0.15, -0.1) is 0 Å². The van der Waals surface area contributed by atoms with Crippen LogP contribution in [0.4, 0.5) is 0 Å². The Morgan fingerprint density at radius 1 is 1.56 bits per heavy atom. The number of rotatable bonds is 3. The fourth-order valence-electron chi connectivity index (χ4n) is 1.95. The SMILES string of the molecule is C=CC(=O)OCC1=CC(C)(C)N(O)C1(C)C. The molecule has 0 aromatic rings. The molecule has 0 unspecified atom stereocenters. The minimum atomic E-state index is -0.523. The van der Waals surface area contributed by atoms with Gasteiger partial charge in [-0.1, -0.05) is 12.7 Å². The van der Waals surface area contributed by atoms with Crippen LogP contribution in [0.25, 0.3) is 0 Å². The van der Waals surface area contributed by atoms with Crippen LogP contribution in [0.15, 0.2) is 24.3 Å². The highest BCUT2D eigenvalue weighted by molar-refractivity contribution is 5.81. The normalized spacial score (nSPS) is 22.7. The Balaban J connectivity index is 2.80. The highest BCUT2D eigenvalue weighted by Crippen LogP contribution is 2.38. The molecule has 0 bridgehead atoms. The Kier molecular flexibility index (Phi) is 3.26. The Hall–Kier alpha value is -1.13. The second kappa shape index (κ2) is 4.03. The van der Waals surface area contributed by atoms with Crippen molar-refractivity contribution in [2.75, 3.05) is 6.61 Å². The van der Waals surface area contributed by atoms with Gasteiger partial charge in [-0.3, -0.25) is 0 Å². The summed E-state index contributed by atoms with van der Waals surface area (Å²) in [6.07, 6.45) is 3.05. The van der Waals surface area contributed by atoms with Gasteiger partial charge in [0.05, 0.1) is 11.1 Å². The predicted octanol–water partition coefficient (Wildman–Crippen LogP) is 1.90. The zero-order valence-electron chi connectivity index (χ0n) is 10.3. The fourth-order valence-corrected chi connectivity index (χ4v) is 1.95. The van der Waals surface area contributed by atoms with Crippen molar-refractivity contribution in [3.63, 3.8) is 0 Å². The molecule has 0 aromatic carbocycles. The quantitative estimate of drug-likeness (QED) is 0.453. The average molecular weight is 225 g/mol. The van der Waals surface area contributed by atoms with Gasteiger partial charge in [0.25, 0.3) is 0 Å². The van der Waals surface area contributed by atoms with Crippen LogP contribution < -0.4 is 0 Å². The van der Waals surface area contributed by atoms with Crippen molar-refractivity contribution in [2.45, 2.75) is 38.8 Å². The zero-order chi connectivity index (χ0) is 12.6. The summed E-state index contributed by atoms with van der Waals surface area (Å²) in [4.78, 5) is 11.0. The summed E-state index contributed by atoms with van der Waals surface area (Å²) >= 11 is 0. The molecular formula is C12H19NO3. The minimum absolute atomic E-state index is 0.179. The van der Waals surface area contributed by atoms with Gasteiger partial charge in [-0.05, 0) is 33.3 Å². The molecule has 0 spiro atoms. The van der Waals surface area contributed by atoms with Crippen LogP contribution in [0.3, 0.4) is 0 Å². The molecule has 1 N–H and O–H groups in total. The maximum Gasteiger partial charge on any atom is 0.330 e. The first kappa shape index (κ1) is 12.9. The lowest BCUT2D eigenvalue weighted by Crippen LogP contribution is -2.48. The molecule has 0 amide bonds. The van der Waals surface area contributed by atoms with E-state index in [1.807, 2.05) is 33.8 Å². The number of carbonyl (C=O) groups is 1. The first-order valence-corrected chi connectivity index (χ1v) is 5.22. The molecule has 16 heavy (non-hydrogen) atoms. The molecule has 1 heterocycles. The maximum atomic E-state index is 11.0. The van der Waals surface area contributed by atoms with Gasteiger partial charge < -0.3 is 9.94 Å². The Labute approximate surface area is 96.2 Å². The summed E-state index contributed by atoms with van der Waals surface area (Å²) < 4.78 is 4.99. The van der Waals surface area contributed by atoms with E-state index < -0.39 is 17.0 Å². The van der Waals surface area contributed by atoms with Crippen LogP contribution in [0.5, 0.6) is 0 Å². The second-order valence-corrected chi connectivity index (χ2v) is 5.01. The van der Waals surface area contributed by atoms with Crippen LogP contribution in [-0.4, -0.2) is 33.9 Å². The van der Waals surface area contributed by atoms with E-state index in [9.17, 15) is 10.0 Å². The largest absolute Gasteiger partial charge is 0.458 e. The average Bonchev–Trinajstić information content (AvgIpc) is 2.35. The van der Waals surface area contributed by atoms with E-state index in [-0.39, 0.29) is 6.61 Å². The smallest absolute Gasteiger partial charge is 0.330 e. The third kappa shape index (κ3) is 2.18. The van der Waals surface area contributed by atoms with Crippen molar-refractivity contribution in [2.24, 2.45) is 0 Å². The summed E-state index contributed by atoms with van der Waals surface area (Å²) in [5.41, 5.74) is -0.0834. The molecule has 0 saturated carbocycles. The van der Waals surface area contributed by atoms with Crippen molar-refractivity contribution in [3.05, 3.63) is 24.3 Å². The number of ether oxygens (including phenoxy) is 1. The van der Waals surface area contributed by atoms with Gasteiger partial charge in [0.1, 0.15) is 6.61 Å². The molecule has 4 heteroatoms. The third-order valence-corrected chi connectivity index (χ3v) is 2.93.